The average molecular weight is 201 g/mol. The monoisotopic (exact) mass is 200 g/mol. The molecule has 1 atom stereocenters. The first-order chi connectivity index (χ1) is 6.26. The summed E-state index contributed by atoms with van der Waals surface area (Å²) < 4.78 is 5.61. The lowest BCUT2D eigenvalue weighted by molar-refractivity contribution is 0.458. The molecule has 0 spiro atoms. The fourth-order valence-corrected chi connectivity index (χ4v) is 1.43. The van der Waals surface area contributed by atoms with Crippen molar-refractivity contribution in [2.45, 2.75) is 44.9 Å². The molecule has 13 heavy (non-hydrogen) atoms. The normalized spacial score (nSPS) is 13.2. The molecule has 0 aliphatic heterocycles. The highest BCUT2D eigenvalue weighted by molar-refractivity contribution is 6.20. The van der Waals surface area contributed by atoms with Gasteiger partial charge in [0.15, 0.2) is 0 Å². The molecule has 1 unspecified atom stereocenters. The van der Waals surface area contributed by atoms with E-state index in [2.05, 4.69) is 19.9 Å². The second kappa shape index (κ2) is 5.33. The number of alkyl halides is 1. The minimum absolute atomic E-state index is 0.209. The van der Waals surface area contributed by atoms with Crippen LogP contribution in [0.5, 0.6) is 0 Å². The predicted molar refractivity (Wildman–Crippen MR) is 56.3 cm³/mol. The highest BCUT2D eigenvalue weighted by Crippen LogP contribution is 2.15. The van der Waals surface area contributed by atoms with E-state index in [0.717, 1.165) is 37.2 Å². The summed E-state index contributed by atoms with van der Waals surface area (Å²) in [6.07, 6.45) is 4.00. The molecule has 1 nitrogen and oxygen atoms in total. The highest BCUT2D eigenvalue weighted by Gasteiger charge is 2.06. The first-order valence-electron chi connectivity index (χ1n) is 4.97. The molecule has 1 rings (SSSR count). The molecule has 0 aromatic carbocycles. The Morgan fingerprint density at radius 2 is 2.00 bits per heavy atom. The van der Waals surface area contributed by atoms with Crippen molar-refractivity contribution >= 4 is 11.6 Å². The maximum absolute atomic E-state index is 6.03. The molecule has 0 amide bonds. The quantitative estimate of drug-likeness (QED) is 0.660. The number of rotatable bonds is 5. The molecule has 0 saturated carbocycles. The third-order valence-corrected chi connectivity index (χ3v) is 2.54. The molecule has 1 aromatic rings. The Morgan fingerprint density at radius 3 is 2.62 bits per heavy atom. The van der Waals surface area contributed by atoms with Crippen LogP contribution in [0.25, 0.3) is 0 Å². The molecular weight excluding hydrogens is 184 g/mol. The van der Waals surface area contributed by atoms with Crippen LogP contribution in [0, 0.1) is 0 Å². The second-order valence-electron chi connectivity index (χ2n) is 3.33. The SMILES string of the molecule is CCCc1ccc(CC(Cl)CC)o1. The van der Waals surface area contributed by atoms with Crippen molar-refractivity contribution in [1.82, 2.24) is 0 Å². The van der Waals surface area contributed by atoms with Crippen LogP contribution in [0.3, 0.4) is 0 Å². The van der Waals surface area contributed by atoms with Gasteiger partial charge in [0.25, 0.3) is 0 Å². The molecule has 1 aromatic heterocycles. The van der Waals surface area contributed by atoms with Crippen molar-refractivity contribution in [3.8, 4) is 0 Å². The Labute approximate surface area is 85.1 Å². The van der Waals surface area contributed by atoms with Gasteiger partial charge in [-0.2, -0.15) is 0 Å². The fourth-order valence-electron chi connectivity index (χ4n) is 1.28. The van der Waals surface area contributed by atoms with E-state index in [9.17, 15) is 0 Å². The van der Waals surface area contributed by atoms with E-state index >= 15 is 0 Å². The molecule has 0 fully saturated rings. The summed E-state index contributed by atoms with van der Waals surface area (Å²) in [6, 6.07) is 4.09. The Kier molecular flexibility index (Phi) is 4.37. The van der Waals surface area contributed by atoms with E-state index < -0.39 is 0 Å². The molecule has 0 N–H and O–H groups in total. The van der Waals surface area contributed by atoms with Gasteiger partial charge in [0.1, 0.15) is 11.5 Å². The zero-order valence-electron chi connectivity index (χ0n) is 8.35. The lowest BCUT2D eigenvalue weighted by Gasteiger charge is -2.02. The summed E-state index contributed by atoms with van der Waals surface area (Å²) in [7, 11) is 0. The number of hydrogen-bond acceptors (Lipinski definition) is 1. The maximum atomic E-state index is 6.03. The van der Waals surface area contributed by atoms with Crippen LogP contribution in [0.2, 0.25) is 0 Å². The van der Waals surface area contributed by atoms with Crippen molar-refractivity contribution in [2.75, 3.05) is 0 Å². The first-order valence-corrected chi connectivity index (χ1v) is 5.41. The summed E-state index contributed by atoms with van der Waals surface area (Å²) in [5, 5.41) is 0.209. The second-order valence-corrected chi connectivity index (χ2v) is 3.94. The summed E-state index contributed by atoms with van der Waals surface area (Å²) in [5.41, 5.74) is 0. The number of furan rings is 1. The van der Waals surface area contributed by atoms with Crippen LogP contribution in [-0.4, -0.2) is 5.38 Å². The van der Waals surface area contributed by atoms with Gasteiger partial charge in [-0.15, -0.1) is 11.6 Å². The highest BCUT2D eigenvalue weighted by atomic mass is 35.5. The van der Waals surface area contributed by atoms with Crippen molar-refractivity contribution in [2.24, 2.45) is 0 Å². The van der Waals surface area contributed by atoms with Gasteiger partial charge in [0.2, 0.25) is 0 Å². The molecule has 2 heteroatoms. The zero-order valence-corrected chi connectivity index (χ0v) is 9.10. The van der Waals surface area contributed by atoms with E-state index in [-0.39, 0.29) is 5.38 Å². The fraction of sp³-hybridized carbons (Fsp3) is 0.636. The molecule has 0 radical (unpaired) electrons. The van der Waals surface area contributed by atoms with Gasteiger partial charge in [0, 0.05) is 18.2 Å². The van der Waals surface area contributed by atoms with Gasteiger partial charge in [-0.3, -0.25) is 0 Å². The lowest BCUT2D eigenvalue weighted by atomic mass is 10.2. The van der Waals surface area contributed by atoms with Crippen LogP contribution < -0.4 is 0 Å². The van der Waals surface area contributed by atoms with Gasteiger partial charge in [-0.25, -0.2) is 0 Å². The van der Waals surface area contributed by atoms with Gasteiger partial charge in [0.05, 0.1) is 0 Å². The largest absolute Gasteiger partial charge is 0.466 e. The minimum atomic E-state index is 0.209. The lowest BCUT2D eigenvalue weighted by Crippen LogP contribution is -1.99. The van der Waals surface area contributed by atoms with Crippen LogP contribution in [0.1, 0.15) is 38.2 Å². The Bertz CT molecular complexity index is 242. The van der Waals surface area contributed by atoms with Crippen LogP contribution in [0.15, 0.2) is 16.5 Å². The predicted octanol–water partition coefficient (Wildman–Crippen LogP) is 3.79. The molecule has 1 heterocycles. The smallest absolute Gasteiger partial charge is 0.105 e. The van der Waals surface area contributed by atoms with E-state index in [0.29, 0.717) is 0 Å². The molecule has 0 bridgehead atoms. The Hall–Kier alpha value is -0.430. The van der Waals surface area contributed by atoms with E-state index in [4.69, 9.17) is 16.0 Å². The van der Waals surface area contributed by atoms with Gasteiger partial charge in [-0.05, 0) is 25.0 Å². The first kappa shape index (κ1) is 10.6. The molecule has 0 saturated heterocycles. The van der Waals surface area contributed by atoms with E-state index in [1.165, 1.54) is 0 Å². The van der Waals surface area contributed by atoms with Gasteiger partial charge < -0.3 is 4.42 Å². The molecule has 74 valence electrons. The maximum Gasteiger partial charge on any atom is 0.105 e. The summed E-state index contributed by atoms with van der Waals surface area (Å²) in [6.45, 7) is 4.24. The Morgan fingerprint density at radius 1 is 1.31 bits per heavy atom. The van der Waals surface area contributed by atoms with Crippen molar-refractivity contribution in [3.05, 3.63) is 23.7 Å². The Balaban J connectivity index is 2.48. The standard InChI is InChI=1S/C11H17ClO/c1-3-5-10-6-7-11(13-10)8-9(12)4-2/h6-7,9H,3-5,8H2,1-2H3. The molecule has 0 aliphatic carbocycles. The topological polar surface area (TPSA) is 13.1 Å². The molecular formula is C11H17ClO. The van der Waals surface area contributed by atoms with Gasteiger partial charge in [-0.1, -0.05) is 13.8 Å². The number of aryl methyl sites for hydroxylation is 1. The van der Waals surface area contributed by atoms with E-state index in [1.807, 2.05) is 6.07 Å². The van der Waals surface area contributed by atoms with E-state index in [1.54, 1.807) is 0 Å². The average Bonchev–Trinajstić information content (AvgIpc) is 2.53. The van der Waals surface area contributed by atoms with Crippen molar-refractivity contribution in [3.63, 3.8) is 0 Å². The van der Waals surface area contributed by atoms with Crippen LogP contribution >= 0.6 is 11.6 Å². The van der Waals surface area contributed by atoms with Crippen LogP contribution in [0.4, 0.5) is 0 Å². The summed E-state index contributed by atoms with van der Waals surface area (Å²) >= 11 is 6.03. The number of hydrogen-bond donors (Lipinski definition) is 0. The zero-order chi connectivity index (χ0) is 9.68. The minimum Gasteiger partial charge on any atom is -0.466 e. The third kappa shape index (κ3) is 3.43. The van der Waals surface area contributed by atoms with Crippen molar-refractivity contribution in [1.29, 1.82) is 0 Å². The summed E-state index contributed by atoms with van der Waals surface area (Å²) in [4.78, 5) is 0. The number of halogens is 1. The van der Waals surface area contributed by atoms with Crippen molar-refractivity contribution < 1.29 is 4.42 Å². The van der Waals surface area contributed by atoms with Crippen LogP contribution in [-0.2, 0) is 12.8 Å². The summed E-state index contributed by atoms with van der Waals surface area (Å²) in [5.74, 6) is 2.10. The molecule has 0 aliphatic rings. The third-order valence-electron chi connectivity index (χ3n) is 2.08. The van der Waals surface area contributed by atoms with Gasteiger partial charge >= 0.3 is 0 Å².